The second kappa shape index (κ2) is 7.27. The van der Waals surface area contributed by atoms with Gasteiger partial charge in [-0.3, -0.25) is 9.59 Å². The van der Waals surface area contributed by atoms with Crippen LogP contribution in [0.3, 0.4) is 0 Å². The SMILES string of the molecule is CCC(=O)Nc1cccc(NC(=O)c2ccc(S(C)(=O)=O)cc2)c1. The van der Waals surface area contributed by atoms with Crippen LogP contribution in [0.15, 0.2) is 53.4 Å². The summed E-state index contributed by atoms with van der Waals surface area (Å²) in [6, 6.07) is 12.5. The molecular formula is C17H18N2O4S. The number of amides is 2. The summed E-state index contributed by atoms with van der Waals surface area (Å²) >= 11 is 0. The summed E-state index contributed by atoms with van der Waals surface area (Å²) in [7, 11) is -3.30. The topological polar surface area (TPSA) is 92.3 Å². The number of benzene rings is 2. The van der Waals surface area contributed by atoms with Gasteiger partial charge in [-0.25, -0.2) is 8.42 Å². The minimum atomic E-state index is -3.30. The van der Waals surface area contributed by atoms with Crippen molar-refractivity contribution < 1.29 is 18.0 Å². The van der Waals surface area contributed by atoms with Crippen LogP contribution < -0.4 is 10.6 Å². The van der Waals surface area contributed by atoms with Gasteiger partial charge in [0, 0.05) is 29.6 Å². The van der Waals surface area contributed by atoms with Gasteiger partial charge in [0.15, 0.2) is 9.84 Å². The Hall–Kier alpha value is -2.67. The fourth-order valence-corrected chi connectivity index (χ4v) is 2.61. The molecule has 0 aromatic heterocycles. The van der Waals surface area contributed by atoms with Crippen LogP contribution in [0.5, 0.6) is 0 Å². The van der Waals surface area contributed by atoms with Crippen molar-refractivity contribution in [2.75, 3.05) is 16.9 Å². The number of carbonyl (C=O) groups excluding carboxylic acids is 2. The monoisotopic (exact) mass is 346 g/mol. The molecule has 0 aliphatic heterocycles. The molecule has 0 bridgehead atoms. The summed E-state index contributed by atoms with van der Waals surface area (Å²) in [6.45, 7) is 1.75. The Morgan fingerprint density at radius 3 is 2.08 bits per heavy atom. The quantitative estimate of drug-likeness (QED) is 0.870. The first-order valence-corrected chi connectivity index (χ1v) is 9.20. The first kappa shape index (κ1) is 17.7. The molecule has 0 fully saturated rings. The number of hydrogen-bond donors (Lipinski definition) is 2. The van der Waals surface area contributed by atoms with E-state index >= 15 is 0 Å². The maximum Gasteiger partial charge on any atom is 0.255 e. The van der Waals surface area contributed by atoms with Crippen LogP contribution in [-0.4, -0.2) is 26.5 Å². The van der Waals surface area contributed by atoms with Gasteiger partial charge >= 0.3 is 0 Å². The Morgan fingerprint density at radius 2 is 1.54 bits per heavy atom. The van der Waals surface area contributed by atoms with E-state index in [1.807, 2.05) is 0 Å². The van der Waals surface area contributed by atoms with Crippen LogP contribution in [0, 0.1) is 0 Å². The molecule has 0 saturated carbocycles. The lowest BCUT2D eigenvalue weighted by Crippen LogP contribution is -2.13. The fourth-order valence-electron chi connectivity index (χ4n) is 1.98. The molecule has 126 valence electrons. The van der Waals surface area contributed by atoms with Crippen molar-refractivity contribution in [2.45, 2.75) is 18.2 Å². The number of nitrogens with one attached hydrogen (secondary N) is 2. The van der Waals surface area contributed by atoms with Crippen LogP contribution in [0.4, 0.5) is 11.4 Å². The third-order valence-electron chi connectivity index (χ3n) is 3.27. The van der Waals surface area contributed by atoms with Crippen molar-refractivity contribution in [3.8, 4) is 0 Å². The summed E-state index contributed by atoms with van der Waals surface area (Å²) in [5, 5.41) is 5.42. The van der Waals surface area contributed by atoms with E-state index in [2.05, 4.69) is 10.6 Å². The van der Waals surface area contributed by atoms with Gasteiger partial charge in [-0.2, -0.15) is 0 Å². The van der Waals surface area contributed by atoms with E-state index in [0.717, 1.165) is 6.26 Å². The lowest BCUT2D eigenvalue weighted by Gasteiger charge is -2.09. The van der Waals surface area contributed by atoms with E-state index in [1.165, 1.54) is 24.3 Å². The number of sulfone groups is 1. The Bertz CT molecular complexity index is 858. The highest BCUT2D eigenvalue weighted by molar-refractivity contribution is 7.90. The van der Waals surface area contributed by atoms with Gasteiger partial charge in [0.2, 0.25) is 5.91 Å². The van der Waals surface area contributed by atoms with Gasteiger partial charge in [0.25, 0.3) is 5.91 Å². The summed E-state index contributed by atoms with van der Waals surface area (Å²) in [5.41, 5.74) is 1.46. The highest BCUT2D eigenvalue weighted by Crippen LogP contribution is 2.17. The molecule has 2 aromatic carbocycles. The van der Waals surface area contributed by atoms with E-state index in [1.54, 1.807) is 31.2 Å². The molecular weight excluding hydrogens is 328 g/mol. The van der Waals surface area contributed by atoms with Crippen LogP contribution in [-0.2, 0) is 14.6 Å². The molecule has 2 N–H and O–H groups in total. The van der Waals surface area contributed by atoms with Crippen LogP contribution in [0.1, 0.15) is 23.7 Å². The maximum atomic E-state index is 12.2. The van der Waals surface area contributed by atoms with Crippen molar-refractivity contribution >= 4 is 33.0 Å². The van der Waals surface area contributed by atoms with Gasteiger partial charge < -0.3 is 10.6 Å². The van der Waals surface area contributed by atoms with Crippen molar-refractivity contribution in [1.29, 1.82) is 0 Å². The molecule has 0 saturated heterocycles. The van der Waals surface area contributed by atoms with E-state index in [-0.39, 0.29) is 16.7 Å². The summed E-state index contributed by atoms with van der Waals surface area (Å²) in [6.07, 6.45) is 1.47. The highest BCUT2D eigenvalue weighted by atomic mass is 32.2. The largest absolute Gasteiger partial charge is 0.326 e. The molecule has 0 aliphatic rings. The lowest BCUT2D eigenvalue weighted by atomic mass is 10.2. The molecule has 2 amide bonds. The molecule has 0 atom stereocenters. The number of hydrogen-bond acceptors (Lipinski definition) is 4. The first-order chi connectivity index (χ1) is 11.3. The Morgan fingerprint density at radius 1 is 0.958 bits per heavy atom. The van der Waals surface area contributed by atoms with Gasteiger partial charge in [0.1, 0.15) is 0 Å². The molecule has 2 aromatic rings. The van der Waals surface area contributed by atoms with Crippen molar-refractivity contribution in [2.24, 2.45) is 0 Å². The summed E-state index contributed by atoms with van der Waals surface area (Å²) in [4.78, 5) is 23.8. The van der Waals surface area contributed by atoms with E-state index in [9.17, 15) is 18.0 Å². The van der Waals surface area contributed by atoms with E-state index in [0.29, 0.717) is 23.4 Å². The average molecular weight is 346 g/mol. The van der Waals surface area contributed by atoms with E-state index < -0.39 is 9.84 Å². The minimum absolute atomic E-state index is 0.116. The predicted octanol–water partition coefficient (Wildman–Crippen LogP) is 2.69. The fraction of sp³-hybridized carbons (Fsp3) is 0.176. The van der Waals surface area contributed by atoms with Crippen LogP contribution >= 0.6 is 0 Å². The highest BCUT2D eigenvalue weighted by Gasteiger charge is 2.10. The number of anilines is 2. The Balaban J connectivity index is 2.12. The van der Waals surface area contributed by atoms with Crippen molar-refractivity contribution in [1.82, 2.24) is 0 Å². The smallest absolute Gasteiger partial charge is 0.255 e. The van der Waals surface area contributed by atoms with Crippen LogP contribution in [0.2, 0.25) is 0 Å². The minimum Gasteiger partial charge on any atom is -0.326 e. The van der Waals surface area contributed by atoms with Gasteiger partial charge in [-0.05, 0) is 42.5 Å². The normalized spacial score (nSPS) is 10.9. The van der Waals surface area contributed by atoms with Gasteiger partial charge in [-0.1, -0.05) is 13.0 Å². The third-order valence-corrected chi connectivity index (χ3v) is 4.40. The summed E-state index contributed by atoms with van der Waals surface area (Å²) in [5.74, 6) is -0.483. The van der Waals surface area contributed by atoms with Gasteiger partial charge in [0.05, 0.1) is 4.90 Å². The zero-order valence-corrected chi connectivity index (χ0v) is 14.2. The average Bonchev–Trinajstić information content (AvgIpc) is 2.54. The van der Waals surface area contributed by atoms with Crippen molar-refractivity contribution in [3.05, 3.63) is 54.1 Å². The first-order valence-electron chi connectivity index (χ1n) is 7.31. The maximum absolute atomic E-state index is 12.2. The van der Waals surface area contributed by atoms with E-state index in [4.69, 9.17) is 0 Å². The molecule has 0 spiro atoms. The summed E-state index contributed by atoms with van der Waals surface area (Å²) < 4.78 is 22.8. The van der Waals surface area contributed by atoms with Crippen molar-refractivity contribution in [3.63, 3.8) is 0 Å². The second-order valence-corrected chi connectivity index (χ2v) is 7.25. The standard InChI is InChI=1S/C17H18N2O4S/c1-3-16(20)18-13-5-4-6-14(11-13)19-17(21)12-7-9-15(10-8-12)24(2,22)23/h4-11H,3H2,1-2H3,(H,18,20)(H,19,21). The molecule has 2 rings (SSSR count). The molecule has 24 heavy (non-hydrogen) atoms. The van der Waals surface area contributed by atoms with Crippen LogP contribution in [0.25, 0.3) is 0 Å². The number of rotatable bonds is 5. The number of carbonyl (C=O) groups is 2. The molecule has 0 heterocycles. The lowest BCUT2D eigenvalue weighted by molar-refractivity contribution is -0.115. The molecule has 0 aliphatic carbocycles. The third kappa shape index (κ3) is 4.66. The zero-order valence-electron chi connectivity index (χ0n) is 13.4. The molecule has 0 unspecified atom stereocenters. The molecule has 7 heteroatoms. The zero-order chi connectivity index (χ0) is 17.7. The molecule has 6 nitrogen and oxygen atoms in total. The van der Waals surface area contributed by atoms with Gasteiger partial charge in [-0.15, -0.1) is 0 Å². The Labute approximate surface area is 140 Å². The predicted molar refractivity (Wildman–Crippen MR) is 92.9 cm³/mol. The molecule has 0 radical (unpaired) electrons. The Kier molecular flexibility index (Phi) is 5.35. The second-order valence-electron chi connectivity index (χ2n) is 5.23.